The Labute approximate surface area is 144 Å². The van der Waals surface area contributed by atoms with Gasteiger partial charge >= 0.3 is 0 Å². The molecule has 1 aromatic rings. The van der Waals surface area contributed by atoms with Crippen LogP contribution in [0.5, 0.6) is 5.75 Å². The predicted octanol–water partition coefficient (Wildman–Crippen LogP) is 2.40. The van der Waals surface area contributed by atoms with Crippen LogP contribution in [0.4, 0.5) is 0 Å². The van der Waals surface area contributed by atoms with Crippen LogP contribution in [0.2, 0.25) is 0 Å². The summed E-state index contributed by atoms with van der Waals surface area (Å²) >= 11 is 0. The fourth-order valence-corrected chi connectivity index (χ4v) is 3.34. The van der Waals surface area contributed by atoms with Crippen molar-refractivity contribution in [1.29, 1.82) is 0 Å². The Morgan fingerprint density at radius 1 is 1.33 bits per heavy atom. The molecule has 1 atom stereocenters. The molecule has 1 aliphatic heterocycles. The van der Waals surface area contributed by atoms with Gasteiger partial charge in [-0.05, 0) is 63.0 Å². The molecule has 0 spiro atoms. The summed E-state index contributed by atoms with van der Waals surface area (Å²) < 4.78 is 0. The highest BCUT2D eigenvalue weighted by atomic mass is 16.3. The number of rotatable bonds is 7. The zero-order chi connectivity index (χ0) is 17.5. The number of carbonyl (C=O) groups is 1. The number of likely N-dealkylation sites (tertiary alicyclic amines) is 1. The van der Waals surface area contributed by atoms with Crippen molar-refractivity contribution in [1.82, 2.24) is 9.80 Å². The van der Waals surface area contributed by atoms with E-state index in [0.29, 0.717) is 24.4 Å². The van der Waals surface area contributed by atoms with Crippen LogP contribution >= 0.6 is 0 Å². The number of aliphatic hydroxyl groups excluding tert-OH is 1. The third-order valence-corrected chi connectivity index (χ3v) is 5.00. The van der Waals surface area contributed by atoms with E-state index < -0.39 is 6.10 Å². The largest absolute Gasteiger partial charge is 0.508 e. The standard InChI is InChI=1S/C19H30N2O3/c1-3-20-10-8-15(9-11-20)12-19(24)21(4-2)14-18(23)16-6-5-7-17(22)13-16/h5-7,13,15,18,22-23H,3-4,8-12,14H2,1-2H3/t18-/m0/s1. The van der Waals surface area contributed by atoms with Crippen LogP contribution in [0.1, 0.15) is 44.8 Å². The molecule has 0 radical (unpaired) electrons. The molecular weight excluding hydrogens is 304 g/mol. The third kappa shape index (κ3) is 5.21. The van der Waals surface area contributed by atoms with E-state index in [9.17, 15) is 15.0 Å². The van der Waals surface area contributed by atoms with Crippen LogP contribution in [0, 0.1) is 5.92 Å². The van der Waals surface area contributed by atoms with E-state index in [4.69, 9.17) is 0 Å². The van der Waals surface area contributed by atoms with Gasteiger partial charge in [0, 0.05) is 13.0 Å². The van der Waals surface area contributed by atoms with Crippen LogP contribution < -0.4 is 0 Å². The van der Waals surface area contributed by atoms with Gasteiger partial charge in [-0.25, -0.2) is 0 Å². The SMILES string of the molecule is CCN1CCC(CC(=O)N(CC)C[C@H](O)c2cccc(O)c2)CC1. The Morgan fingerprint density at radius 3 is 2.62 bits per heavy atom. The first kappa shape index (κ1) is 18.7. The Morgan fingerprint density at radius 2 is 2.04 bits per heavy atom. The van der Waals surface area contributed by atoms with Gasteiger partial charge < -0.3 is 20.0 Å². The highest BCUT2D eigenvalue weighted by Gasteiger charge is 2.24. The van der Waals surface area contributed by atoms with Gasteiger partial charge in [-0.2, -0.15) is 0 Å². The maximum Gasteiger partial charge on any atom is 0.222 e. The van der Waals surface area contributed by atoms with Crippen molar-refractivity contribution in [3.63, 3.8) is 0 Å². The van der Waals surface area contributed by atoms with Gasteiger partial charge in [0.25, 0.3) is 0 Å². The minimum atomic E-state index is -0.775. The zero-order valence-electron chi connectivity index (χ0n) is 14.8. The highest BCUT2D eigenvalue weighted by molar-refractivity contribution is 5.76. The Hall–Kier alpha value is -1.59. The number of benzene rings is 1. The van der Waals surface area contributed by atoms with Crippen LogP contribution in [0.15, 0.2) is 24.3 Å². The number of piperidine rings is 1. The van der Waals surface area contributed by atoms with Gasteiger partial charge in [-0.1, -0.05) is 19.1 Å². The molecule has 0 saturated carbocycles. The fraction of sp³-hybridized carbons (Fsp3) is 0.632. The number of aromatic hydroxyl groups is 1. The molecule has 5 nitrogen and oxygen atoms in total. The first-order valence-corrected chi connectivity index (χ1v) is 9.00. The summed E-state index contributed by atoms with van der Waals surface area (Å²) in [6.45, 7) is 8.20. The number of aliphatic hydroxyl groups is 1. The van der Waals surface area contributed by atoms with E-state index in [1.807, 2.05) is 6.92 Å². The molecular formula is C19H30N2O3. The molecule has 0 aromatic heterocycles. The van der Waals surface area contributed by atoms with Crippen LogP contribution in [-0.4, -0.2) is 58.6 Å². The fourth-order valence-electron chi connectivity index (χ4n) is 3.34. The maximum atomic E-state index is 12.6. The van der Waals surface area contributed by atoms with E-state index in [1.165, 1.54) is 0 Å². The summed E-state index contributed by atoms with van der Waals surface area (Å²) in [5, 5.41) is 19.9. The molecule has 1 aliphatic rings. The Kier molecular flexibility index (Phi) is 7.06. The van der Waals surface area contributed by atoms with Gasteiger partial charge in [0.05, 0.1) is 12.6 Å². The number of amides is 1. The van der Waals surface area contributed by atoms with Gasteiger partial charge in [-0.3, -0.25) is 4.79 Å². The molecule has 1 aromatic carbocycles. The lowest BCUT2D eigenvalue weighted by Crippen LogP contribution is -2.38. The van der Waals surface area contributed by atoms with E-state index >= 15 is 0 Å². The van der Waals surface area contributed by atoms with Crippen molar-refractivity contribution in [3.05, 3.63) is 29.8 Å². The molecule has 134 valence electrons. The van der Waals surface area contributed by atoms with E-state index in [2.05, 4.69) is 11.8 Å². The van der Waals surface area contributed by atoms with Gasteiger partial charge in [0.15, 0.2) is 0 Å². The van der Waals surface area contributed by atoms with E-state index in [0.717, 1.165) is 32.5 Å². The summed E-state index contributed by atoms with van der Waals surface area (Å²) in [5.41, 5.74) is 0.637. The second-order valence-corrected chi connectivity index (χ2v) is 6.62. The van der Waals surface area contributed by atoms with Crippen molar-refractivity contribution in [2.45, 2.75) is 39.2 Å². The average molecular weight is 334 g/mol. The normalized spacial score (nSPS) is 17.6. The third-order valence-electron chi connectivity index (χ3n) is 5.00. The van der Waals surface area contributed by atoms with Crippen LogP contribution in [0.3, 0.4) is 0 Å². The van der Waals surface area contributed by atoms with Gasteiger partial charge in [0.1, 0.15) is 5.75 Å². The van der Waals surface area contributed by atoms with Crippen LogP contribution in [0.25, 0.3) is 0 Å². The minimum Gasteiger partial charge on any atom is -0.508 e. The summed E-state index contributed by atoms with van der Waals surface area (Å²) in [5.74, 6) is 0.697. The Balaban J connectivity index is 1.87. The molecule has 2 rings (SSSR count). The number of likely N-dealkylation sites (N-methyl/N-ethyl adjacent to an activating group) is 1. The molecule has 2 N–H and O–H groups in total. The number of nitrogens with zero attached hydrogens (tertiary/aromatic N) is 2. The molecule has 0 bridgehead atoms. The van der Waals surface area contributed by atoms with Crippen molar-refractivity contribution < 1.29 is 15.0 Å². The number of phenols is 1. The molecule has 24 heavy (non-hydrogen) atoms. The zero-order valence-corrected chi connectivity index (χ0v) is 14.8. The Bertz CT molecular complexity index is 527. The molecule has 1 fully saturated rings. The monoisotopic (exact) mass is 334 g/mol. The second kappa shape index (κ2) is 9.04. The summed E-state index contributed by atoms with van der Waals surface area (Å²) in [4.78, 5) is 16.7. The highest BCUT2D eigenvalue weighted by Crippen LogP contribution is 2.23. The van der Waals surface area contributed by atoms with Crippen molar-refractivity contribution in [2.24, 2.45) is 5.92 Å². The average Bonchev–Trinajstić information content (AvgIpc) is 2.60. The van der Waals surface area contributed by atoms with Crippen molar-refractivity contribution in [2.75, 3.05) is 32.7 Å². The van der Waals surface area contributed by atoms with Crippen LogP contribution in [-0.2, 0) is 4.79 Å². The van der Waals surface area contributed by atoms with Gasteiger partial charge in [0.2, 0.25) is 5.91 Å². The molecule has 1 heterocycles. The molecule has 0 unspecified atom stereocenters. The van der Waals surface area contributed by atoms with E-state index in [1.54, 1.807) is 29.2 Å². The molecule has 0 aliphatic carbocycles. The topological polar surface area (TPSA) is 64.0 Å². The number of hydrogen-bond donors (Lipinski definition) is 2. The maximum absolute atomic E-state index is 12.6. The first-order valence-electron chi connectivity index (χ1n) is 9.00. The molecule has 1 saturated heterocycles. The summed E-state index contributed by atoms with van der Waals surface area (Å²) in [6, 6.07) is 6.59. The van der Waals surface area contributed by atoms with Crippen molar-refractivity contribution >= 4 is 5.91 Å². The molecule has 1 amide bonds. The molecule has 5 heteroatoms. The lowest BCUT2D eigenvalue weighted by Gasteiger charge is -2.32. The quantitative estimate of drug-likeness (QED) is 0.804. The second-order valence-electron chi connectivity index (χ2n) is 6.62. The minimum absolute atomic E-state index is 0.117. The number of phenolic OH excluding ortho intramolecular Hbond substituents is 1. The predicted molar refractivity (Wildman–Crippen MR) is 94.8 cm³/mol. The summed E-state index contributed by atoms with van der Waals surface area (Å²) in [6.07, 6.45) is 1.94. The van der Waals surface area contributed by atoms with E-state index in [-0.39, 0.29) is 18.2 Å². The van der Waals surface area contributed by atoms with Gasteiger partial charge in [-0.15, -0.1) is 0 Å². The number of carbonyl (C=O) groups excluding carboxylic acids is 1. The van der Waals surface area contributed by atoms with Crippen molar-refractivity contribution in [3.8, 4) is 5.75 Å². The summed E-state index contributed by atoms with van der Waals surface area (Å²) in [7, 11) is 0. The first-order chi connectivity index (χ1) is 11.5. The number of hydrogen-bond acceptors (Lipinski definition) is 4. The lowest BCUT2D eigenvalue weighted by atomic mass is 9.93. The lowest BCUT2D eigenvalue weighted by molar-refractivity contribution is -0.133. The smallest absolute Gasteiger partial charge is 0.222 e.